The molecule has 98 valence electrons. The molecule has 4 heteroatoms. The smallest absolute Gasteiger partial charge is 0.163 e. The molecule has 0 atom stereocenters. The van der Waals surface area contributed by atoms with E-state index in [0.29, 0.717) is 18.9 Å². The zero-order chi connectivity index (χ0) is 12.8. The summed E-state index contributed by atoms with van der Waals surface area (Å²) in [5, 5.41) is 3.54. The van der Waals surface area contributed by atoms with Crippen molar-refractivity contribution in [3.8, 4) is 11.5 Å². The second kappa shape index (κ2) is 3.97. The van der Waals surface area contributed by atoms with Crippen LogP contribution in [-0.4, -0.2) is 18.8 Å². The fraction of sp³-hybridized carbons (Fsp3) is 0.571. The van der Waals surface area contributed by atoms with E-state index in [1.54, 1.807) is 0 Å². The maximum atomic E-state index is 6.07. The number of hydrogen-bond donors (Lipinski definition) is 2. The molecular weight excluding hydrogens is 228 g/mol. The first-order valence-corrected chi connectivity index (χ1v) is 6.53. The van der Waals surface area contributed by atoms with Crippen LogP contribution < -0.4 is 20.5 Å². The lowest BCUT2D eigenvalue weighted by Crippen LogP contribution is -2.33. The minimum atomic E-state index is 0.0812. The van der Waals surface area contributed by atoms with Crippen LogP contribution in [0.5, 0.6) is 11.5 Å². The molecule has 0 unspecified atom stereocenters. The fourth-order valence-electron chi connectivity index (χ4n) is 2.47. The Kier molecular flexibility index (Phi) is 2.54. The topological polar surface area (TPSA) is 56.5 Å². The third kappa shape index (κ3) is 2.07. The number of ether oxygens (including phenoxy) is 2. The van der Waals surface area contributed by atoms with Gasteiger partial charge in [0.15, 0.2) is 11.5 Å². The van der Waals surface area contributed by atoms with Crippen molar-refractivity contribution in [3.63, 3.8) is 0 Å². The minimum absolute atomic E-state index is 0.0812. The normalized spacial score (nSPS) is 18.6. The first-order chi connectivity index (χ1) is 8.56. The summed E-state index contributed by atoms with van der Waals surface area (Å²) in [5.74, 6) is 2.27. The summed E-state index contributed by atoms with van der Waals surface area (Å²) < 4.78 is 11.1. The fourth-order valence-corrected chi connectivity index (χ4v) is 2.47. The van der Waals surface area contributed by atoms with Gasteiger partial charge in [-0.1, -0.05) is 0 Å². The Balaban J connectivity index is 1.87. The molecule has 1 fully saturated rings. The average Bonchev–Trinajstić information content (AvgIpc) is 3.14. The van der Waals surface area contributed by atoms with E-state index >= 15 is 0 Å². The zero-order valence-corrected chi connectivity index (χ0v) is 11.0. The second-order valence-corrected chi connectivity index (χ2v) is 5.70. The first-order valence-electron chi connectivity index (χ1n) is 6.53. The van der Waals surface area contributed by atoms with Crippen LogP contribution in [-0.2, 0) is 0 Å². The highest BCUT2D eigenvalue weighted by Gasteiger charge is 2.38. The van der Waals surface area contributed by atoms with Crippen molar-refractivity contribution >= 4 is 11.4 Å². The standard InChI is InChI=1S/C14H20N2O2/c1-14(2,9-3-4-9)16-11-8-13-12(7-10(11)15)17-5-6-18-13/h7-9,16H,3-6,15H2,1-2H3. The lowest BCUT2D eigenvalue weighted by Gasteiger charge is -2.29. The maximum Gasteiger partial charge on any atom is 0.163 e. The van der Waals surface area contributed by atoms with E-state index in [4.69, 9.17) is 15.2 Å². The van der Waals surface area contributed by atoms with E-state index in [9.17, 15) is 0 Å². The van der Waals surface area contributed by atoms with Gasteiger partial charge in [-0.15, -0.1) is 0 Å². The highest BCUT2D eigenvalue weighted by Crippen LogP contribution is 2.43. The lowest BCUT2D eigenvalue weighted by molar-refractivity contribution is 0.172. The molecular formula is C14H20N2O2. The van der Waals surface area contributed by atoms with Gasteiger partial charge in [0, 0.05) is 17.7 Å². The Morgan fingerprint density at radius 1 is 1.17 bits per heavy atom. The van der Waals surface area contributed by atoms with Crippen molar-refractivity contribution in [3.05, 3.63) is 12.1 Å². The molecule has 1 saturated carbocycles. The summed E-state index contributed by atoms with van der Waals surface area (Å²) in [5.41, 5.74) is 7.81. The molecule has 1 aliphatic heterocycles. The molecule has 1 aliphatic carbocycles. The summed E-state index contributed by atoms with van der Waals surface area (Å²) in [6.07, 6.45) is 2.59. The Hall–Kier alpha value is -1.58. The summed E-state index contributed by atoms with van der Waals surface area (Å²) in [6.45, 7) is 5.64. The highest BCUT2D eigenvalue weighted by molar-refractivity contribution is 5.73. The quantitative estimate of drug-likeness (QED) is 0.807. The SMILES string of the molecule is CC(C)(Nc1cc2c(cc1N)OCCO2)C1CC1. The van der Waals surface area contributed by atoms with Crippen LogP contribution in [0.25, 0.3) is 0 Å². The summed E-state index contributed by atoms with van der Waals surface area (Å²) in [7, 11) is 0. The number of rotatable bonds is 3. The summed E-state index contributed by atoms with van der Waals surface area (Å²) in [4.78, 5) is 0. The Bertz CT molecular complexity index is 467. The van der Waals surface area contributed by atoms with E-state index < -0.39 is 0 Å². The zero-order valence-electron chi connectivity index (χ0n) is 11.0. The molecule has 1 aromatic rings. The molecule has 18 heavy (non-hydrogen) atoms. The molecule has 0 amide bonds. The van der Waals surface area contributed by atoms with Gasteiger partial charge < -0.3 is 20.5 Å². The Morgan fingerprint density at radius 2 is 1.78 bits per heavy atom. The third-order valence-electron chi connectivity index (χ3n) is 3.77. The monoisotopic (exact) mass is 248 g/mol. The van der Waals surface area contributed by atoms with Crippen molar-refractivity contribution < 1.29 is 9.47 Å². The molecule has 0 spiro atoms. The lowest BCUT2D eigenvalue weighted by atomic mass is 9.98. The van der Waals surface area contributed by atoms with Crippen LogP contribution in [0, 0.1) is 5.92 Å². The predicted octanol–water partition coefficient (Wildman–Crippen LogP) is 2.64. The van der Waals surface area contributed by atoms with Crippen molar-refractivity contribution in [1.82, 2.24) is 0 Å². The van der Waals surface area contributed by atoms with E-state index in [0.717, 1.165) is 23.1 Å². The largest absolute Gasteiger partial charge is 0.486 e. The molecule has 0 aromatic heterocycles. The second-order valence-electron chi connectivity index (χ2n) is 5.70. The van der Waals surface area contributed by atoms with Crippen molar-refractivity contribution in [2.24, 2.45) is 5.92 Å². The van der Waals surface area contributed by atoms with E-state index in [-0.39, 0.29) is 5.54 Å². The van der Waals surface area contributed by atoms with Crippen molar-refractivity contribution in [2.75, 3.05) is 24.3 Å². The van der Waals surface area contributed by atoms with E-state index in [1.165, 1.54) is 12.8 Å². The summed E-state index contributed by atoms with van der Waals surface area (Å²) in [6, 6.07) is 3.80. The maximum absolute atomic E-state index is 6.07. The third-order valence-corrected chi connectivity index (χ3v) is 3.77. The molecule has 3 rings (SSSR count). The van der Waals surface area contributed by atoms with Gasteiger partial charge in [-0.3, -0.25) is 0 Å². The number of hydrogen-bond acceptors (Lipinski definition) is 4. The van der Waals surface area contributed by atoms with Gasteiger partial charge in [-0.05, 0) is 32.6 Å². The molecule has 0 saturated heterocycles. The van der Waals surface area contributed by atoms with Gasteiger partial charge in [0.05, 0.1) is 11.4 Å². The van der Waals surface area contributed by atoms with Crippen molar-refractivity contribution in [1.29, 1.82) is 0 Å². The minimum Gasteiger partial charge on any atom is -0.486 e. The number of benzene rings is 1. The van der Waals surface area contributed by atoms with Crippen LogP contribution in [0.3, 0.4) is 0 Å². The molecule has 1 aromatic carbocycles. The van der Waals surface area contributed by atoms with Crippen LogP contribution in [0.4, 0.5) is 11.4 Å². The van der Waals surface area contributed by atoms with Crippen LogP contribution in [0.2, 0.25) is 0 Å². The summed E-state index contributed by atoms with van der Waals surface area (Å²) >= 11 is 0. The molecule has 3 N–H and O–H groups in total. The van der Waals surface area contributed by atoms with Crippen LogP contribution in [0.15, 0.2) is 12.1 Å². The van der Waals surface area contributed by atoms with Gasteiger partial charge in [0.25, 0.3) is 0 Å². The van der Waals surface area contributed by atoms with E-state index in [1.807, 2.05) is 12.1 Å². The first kappa shape index (κ1) is 11.5. The van der Waals surface area contributed by atoms with Gasteiger partial charge in [-0.25, -0.2) is 0 Å². The number of anilines is 2. The number of fused-ring (bicyclic) bond motifs is 1. The Labute approximate surface area is 107 Å². The number of nitrogens with two attached hydrogens (primary N) is 1. The van der Waals surface area contributed by atoms with Gasteiger partial charge in [0.2, 0.25) is 0 Å². The number of nitrogens with one attached hydrogen (secondary N) is 1. The van der Waals surface area contributed by atoms with Gasteiger partial charge in [0.1, 0.15) is 13.2 Å². The van der Waals surface area contributed by atoms with Gasteiger partial charge in [-0.2, -0.15) is 0 Å². The Morgan fingerprint density at radius 3 is 2.39 bits per heavy atom. The molecule has 0 radical (unpaired) electrons. The van der Waals surface area contributed by atoms with E-state index in [2.05, 4.69) is 19.2 Å². The highest BCUT2D eigenvalue weighted by atomic mass is 16.6. The molecule has 0 bridgehead atoms. The van der Waals surface area contributed by atoms with Crippen LogP contribution in [0.1, 0.15) is 26.7 Å². The average molecular weight is 248 g/mol. The van der Waals surface area contributed by atoms with Gasteiger partial charge >= 0.3 is 0 Å². The molecule has 1 heterocycles. The molecule has 4 nitrogen and oxygen atoms in total. The van der Waals surface area contributed by atoms with Crippen molar-refractivity contribution in [2.45, 2.75) is 32.2 Å². The van der Waals surface area contributed by atoms with Crippen LogP contribution >= 0.6 is 0 Å². The number of nitrogen functional groups attached to an aromatic ring is 1. The molecule has 2 aliphatic rings. The predicted molar refractivity (Wildman–Crippen MR) is 72.3 cm³/mol.